The van der Waals surface area contributed by atoms with Crippen LogP contribution in [0.3, 0.4) is 0 Å². The molecular formula is C27H24ClFN4O2S. The number of fused-ring (bicyclic) bond motifs is 2. The molecule has 0 radical (unpaired) electrons. The van der Waals surface area contributed by atoms with E-state index in [2.05, 4.69) is 27.3 Å². The second kappa shape index (κ2) is 10.6. The Morgan fingerprint density at radius 3 is 2.81 bits per heavy atom. The summed E-state index contributed by atoms with van der Waals surface area (Å²) in [5.41, 5.74) is 3.23. The van der Waals surface area contributed by atoms with Crippen LogP contribution in [-0.4, -0.2) is 29.5 Å². The fraction of sp³-hybridized carbons (Fsp3) is 0.185. The van der Waals surface area contributed by atoms with Crippen LogP contribution in [0, 0.1) is 0 Å². The first-order valence-corrected chi connectivity index (χ1v) is 12.7. The zero-order chi connectivity index (χ0) is 25.1. The number of aryl methyl sites for hydroxylation is 1. The van der Waals surface area contributed by atoms with Crippen molar-refractivity contribution in [2.75, 3.05) is 13.7 Å². The second-order valence-corrected chi connectivity index (χ2v) is 9.67. The minimum atomic E-state index is -0.517. The molecule has 0 bridgehead atoms. The van der Waals surface area contributed by atoms with Gasteiger partial charge in [-0.25, -0.2) is 13.9 Å². The Hall–Kier alpha value is -3.49. The zero-order valence-corrected chi connectivity index (χ0v) is 21.1. The molecule has 6 nitrogen and oxygen atoms in total. The number of carbonyl (C=O) groups is 1. The van der Waals surface area contributed by atoms with E-state index in [0.717, 1.165) is 52.5 Å². The molecule has 1 aliphatic rings. The third-order valence-electron chi connectivity index (χ3n) is 6.09. The van der Waals surface area contributed by atoms with E-state index in [9.17, 15) is 4.79 Å². The van der Waals surface area contributed by atoms with Gasteiger partial charge < -0.3 is 10.1 Å². The molecule has 0 spiro atoms. The number of methoxy groups -OCH3 is 1. The third kappa shape index (κ3) is 5.05. The zero-order valence-electron chi connectivity index (χ0n) is 19.6. The summed E-state index contributed by atoms with van der Waals surface area (Å²) in [4.78, 5) is 13.0. The lowest BCUT2D eigenvalue weighted by Gasteiger charge is -2.19. The molecule has 184 valence electrons. The third-order valence-corrected chi connectivity index (χ3v) is 7.15. The highest BCUT2D eigenvalue weighted by molar-refractivity contribution is 7.98. The predicted molar refractivity (Wildman–Crippen MR) is 142 cm³/mol. The van der Waals surface area contributed by atoms with Crippen LogP contribution in [0.5, 0.6) is 5.75 Å². The van der Waals surface area contributed by atoms with Gasteiger partial charge in [0.2, 0.25) is 0 Å². The number of ether oxygens (including phenoxy) is 1. The van der Waals surface area contributed by atoms with E-state index in [1.54, 1.807) is 22.9 Å². The van der Waals surface area contributed by atoms with Crippen molar-refractivity contribution in [1.29, 1.82) is 0 Å². The molecule has 9 heteroatoms. The molecule has 1 heterocycles. The van der Waals surface area contributed by atoms with Gasteiger partial charge in [0.25, 0.3) is 0 Å². The molecule has 36 heavy (non-hydrogen) atoms. The van der Waals surface area contributed by atoms with Crippen LogP contribution in [0.1, 0.15) is 24.1 Å². The topological polar surface area (TPSA) is 68.2 Å². The molecule has 5 rings (SSSR count). The first-order valence-electron chi connectivity index (χ1n) is 11.5. The highest BCUT2D eigenvalue weighted by Crippen LogP contribution is 2.35. The smallest absolute Gasteiger partial charge is 0.325 e. The lowest BCUT2D eigenvalue weighted by molar-refractivity contribution is 0.246. The van der Waals surface area contributed by atoms with Crippen LogP contribution in [0.2, 0.25) is 5.02 Å². The molecule has 2 N–H and O–H groups in total. The molecule has 0 fully saturated rings. The van der Waals surface area contributed by atoms with E-state index in [1.807, 2.05) is 36.5 Å². The van der Waals surface area contributed by atoms with Crippen LogP contribution < -0.4 is 14.8 Å². The number of rotatable bonds is 6. The summed E-state index contributed by atoms with van der Waals surface area (Å²) in [5, 5.41) is 9.92. The van der Waals surface area contributed by atoms with Gasteiger partial charge in [0.05, 0.1) is 36.1 Å². The van der Waals surface area contributed by atoms with E-state index in [4.69, 9.17) is 16.3 Å². The van der Waals surface area contributed by atoms with Gasteiger partial charge in [-0.3, -0.25) is 4.72 Å². The number of hydrogen-bond donors (Lipinski definition) is 2. The SMILES string of the molecule is COc1ccc(Cl)cc1SNC(=O)NC/C(F)=C1\CCCc2cnn(-c3ccc4ccccc4c3)c21. The second-order valence-electron chi connectivity index (χ2n) is 8.38. The number of allylic oxidation sites excluding steroid dienone is 1. The molecule has 1 aliphatic carbocycles. The molecule has 0 saturated heterocycles. The Bertz CT molecular complexity index is 1470. The van der Waals surface area contributed by atoms with E-state index in [-0.39, 0.29) is 12.4 Å². The number of benzene rings is 3. The molecule has 0 atom stereocenters. The lowest BCUT2D eigenvalue weighted by atomic mass is 9.92. The van der Waals surface area contributed by atoms with Gasteiger partial charge in [0.1, 0.15) is 11.6 Å². The number of nitrogens with zero attached hydrogens (tertiary/aromatic N) is 2. The van der Waals surface area contributed by atoms with Gasteiger partial charge in [-0.15, -0.1) is 0 Å². The number of aromatic nitrogens is 2. The summed E-state index contributed by atoms with van der Waals surface area (Å²) in [7, 11) is 1.54. The molecule has 0 aliphatic heterocycles. The van der Waals surface area contributed by atoms with Crippen molar-refractivity contribution in [1.82, 2.24) is 19.8 Å². The van der Waals surface area contributed by atoms with Crippen LogP contribution >= 0.6 is 23.5 Å². The van der Waals surface area contributed by atoms with Gasteiger partial charge in [-0.05, 0) is 77.9 Å². The Balaban J connectivity index is 1.33. The summed E-state index contributed by atoms with van der Waals surface area (Å²) in [6.07, 6.45) is 4.06. The highest BCUT2D eigenvalue weighted by Gasteiger charge is 2.24. The van der Waals surface area contributed by atoms with Crippen molar-refractivity contribution < 1.29 is 13.9 Å². The molecule has 2 amide bonds. The van der Waals surface area contributed by atoms with E-state index >= 15 is 4.39 Å². The average Bonchev–Trinajstić information content (AvgIpc) is 3.35. The quantitative estimate of drug-likeness (QED) is 0.276. The van der Waals surface area contributed by atoms with Crippen molar-refractivity contribution in [2.45, 2.75) is 24.2 Å². The number of carbonyl (C=O) groups excluding carboxylic acids is 1. The van der Waals surface area contributed by atoms with Gasteiger partial charge in [0.15, 0.2) is 0 Å². The number of nitrogens with one attached hydrogen (secondary N) is 2. The maximum atomic E-state index is 15.4. The van der Waals surface area contributed by atoms with Gasteiger partial charge in [-0.1, -0.05) is 41.9 Å². The predicted octanol–water partition coefficient (Wildman–Crippen LogP) is 6.71. The first kappa shape index (κ1) is 24.2. The maximum Gasteiger partial charge on any atom is 0.325 e. The van der Waals surface area contributed by atoms with E-state index in [0.29, 0.717) is 27.7 Å². The number of urea groups is 1. The summed E-state index contributed by atoms with van der Waals surface area (Å²) < 4.78 is 25.2. The molecule has 4 aromatic rings. The number of hydrogen-bond acceptors (Lipinski definition) is 4. The fourth-order valence-corrected chi connectivity index (χ4v) is 5.31. The molecular weight excluding hydrogens is 499 g/mol. The number of amides is 2. The van der Waals surface area contributed by atoms with Crippen molar-refractivity contribution in [3.8, 4) is 11.4 Å². The maximum absolute atomic E-state index is 15.4. The van der Waals surface area contributed by atoms with E-state index in [1.165, 1.54) is 7.11 Å². The van der Waals surface area contributed by atoms with Crippen LogP contribution in [0.25, 0.3) is 22.0 Å². The molecule has 0 unspecified atom stereocenters. The molecule has 1 aromatic heterocycles. The minimum absolute atomic E-state index is 0.225. The summed E-state index contributed by atoms with van der Waals surface area (Å²) in [6, 6.07) is 18.8. The van der Waals surface area contributed by atoms with E-state index < -0.39 is 6.03 Å². The van der Waals surface area contributed by atoms with Crippen molar-refractivity contribution in [2.24, 2.45) is 0 Å². The summed E-state index contributed by atoms with van der Waals surface area (Å²) >= 11 is 7.08. The van der Waals surface area contributed by atoms with Crippen LogP contribution in [0.15, 0.2) is 77.6 Å². The lowest BCUT2D eigenvalue weighted by Crippen LogP contribution is -2.32. The Morgan fingerprint density at radius 1 is 1.14 bits per heavy atom. The van der Waals surface area contributed by atoms with Crippen LogP contribution in [-0.2, 0) is 6.42 Å². The first-order chi connectivity index (χ1) is 17.5. The Morgan fingerprint density at radius 2 is 1.97 bits per heavy atom. The minimum Gasteiger partial charge on any atom is -0.496 e. The summed E-state index contributed by atoms with van der Waals surface area (Å²) in [6.45, 7) is -0.225. The van der Waals surface area contributed by atoms with Crippen molar-refractivity contribution in [3.63, 3.8) is 0 Å². The normalized spacial score (nSPS) is 14.3. The van der Waals surface area contributed by atoms with Crippen molar-refractivity contribution in [3.05, 3.63) is 89.0 Å². The standard InChI is InChI=1S/C27H24ClFN4O2S/c1-35-24-12-10-20(28)14-25(24)36-32-27(34)30-16-23(29)22-8-4-7-19-15-31-33(26(19)22)21-11-9-17-5-2-3-6-18(17)13-21/h2-3,5-6,9-15H,4,7-8,16H2,1H3,(H2,30,32,34)/b23-22-. The number of halogens is 2. The average molecular weight is 523 g/mol. The molecule has 3 aromatic carbocycles. The van der Waals surface area contributed by atoms with Gasteiger partial charge >= 0.3 is 6.03 Å². The van der Waals surface area contributed by atoms with Crippen LogP contribution in [0.4, 0.5) is 9.18 Å². The highest BCUT2D eigenvalue weighted by atomic mass is 35.5. The Kier molecular flexibility index (Phi) is 7.16. The molecule has 0 saturated carbocycles. The largest absolute Gasteiger partial charge is 0.496 e. The van der Waals surface area contributed by atoms with Gasteiger partial charge in [-0.2, -0.15) is 5.10 Å². The van der Waals surface area contributed by atoms with Crippen molar-refractivity contribution >= 4 is 45.9 Å². The Labute approximate surface area is 217 Å². The monoisotopic (exact) mass is 522 g/mol. The summed E-state index contributed by atoms with van der Waals surface area (Å²) in [5.74, 6) is 0.202. The fourth-order valence-electron chi connectivity index (χ4n) is 4.36. The van der Waals surface area contributed by atoms with Gasteiger partial charge in [0, 0.05) is 10.6 Å².